The Bertz CT molecular complexity index is 505. The predicted octanol–water partition coefficient (Wildman–Crippen LogP) is 3.93. The van der Waals surface area contributed by atoms with E-state index in [0.29, 0.717) is 24.6 Å². The lowest BCUT2D eigenvalue weighted by Crippen LogP contribution is -2.33. The van der Waals surface area contributed by atoms with E-state index in [1.807, 2.05) is 38.1 Å². The molecule has 0 saturated carbocycles. The Morgan fingerprint density at radius 2 is 1.60 bits per heavy atom. The molecule has 0 atom stereocenters. The smallest absolute Gasteiger partial charge is 0.150 e. The van der Waals surface area contributed by atoms with E-state index in [1.165, 1.54) is 0 Å². The van der Waals surface area contributed by atoms with Crippen LogP contribution in [-0.2, 0) is 15.3 Å². The molecule has 0 aliphatic heterocycles. The van der Waals surface area contributed by atoms with Gasteiger partial charge in [-0.25, -0.2) is 8.42 Å². The van der Waals surface area contributed by atoms with Crippen LogP contribution in [0.25, 0.3) is 0 Å². The average molecular weight is 337 g/mol. The van der Waals surface area contributed by atoms with E-state index >= 15 is 0 Å². The maximum Gasteiger partial charge on any atom is 0.150 e. The van der Waals surface area contributed by atoms with Crippen molar-refractivity contribution in [1.29, 1.82) is 0 Å². The lowest BCUT2D eigenvalue weighted by molar-refractivity contribution is 0.511. The molecule has 0 N–H and O–H groups in total. The van der Waals surface area contributed by atoms with E-state index in [2.05, 4.69) is 0 Å². The van der Waals surface area contributed by atoms with Gasteiger partial charge in [0.2, 0.25) is 0 Å². The Morgan fingerprint density at radius 3 is 2.05 bits per heavy atom. The first-order chi connectivity index (χ1) is 9.39. The summed E-state index contributed by atoms with van der Waals surface area (Å²) in [4.78, 5) is 0. The summed E-state index contributed by atoms with van der Waals surface area (Å²) in [5.74, 6) is 0.998. The standard InChI is InChI=1S/C15H22Cl2O2S/c1-3-9-20(18,19)10-8-15(11-16,12-17)14-6-4-13(2)5-7-14/h4-7H,3,8-12H2,1-2H3. The number of sulfone groups is 1. The Hall–Kier alpha value is -0.250. The van der Waals surface area contributed by atoms with Crippen molar-refractivity contribution >= 4 is 33.0 Å². The molecular weight excluding hydrogens is 315 g/mol. The van der Waals surface area contributed by atoms with Crippen LogP contribution in [-0.4, -0.2) is 31.7 Å². The predicted molar refractivity (Wildman–Crippen MR) is 87.9 cm³/mol. The largest absolute Gasteiger partial charge is 0.229 e. The molecule has 0 aliphatic carbocycles. The zero-order valence-corrected chi connectivity index (χ0v) is 14.4. The molecule has 20 heavy (non-hydrogen) atoms. The van der Waals surface area contributed by atoms with Crippen molar-refractivity contribution in [3.63, 3.8) is 0 Å². The molecule has 5 heteroatoms. The van der Waals surface area contributed by atoms with E-state index in [4.69, 9.17) is 23.2 Å². The summed E-state index contributed by atoms with van der Waals surface area (Å²) in [5.41, 5.74) is 1.70. The molecule has 0 radical (unpaired) electrons. The number of benzene rings is 1. The van der Waals surface area contributed by atoms with Gasteiger partial charge in [0, 0.05) is 22.9 Å². The molecule has 0 aromatic heterocycles. The molecule has 1 rings (SSSR count). The lowest BCUT2D eigenvalue weighted by atomic mass is 9.81. The summed E-state index contributed by atoms with van der Waals surface area (Å²) in [5, 5.41) is 0. The third-order valence-corrected chi connectivity index (χ3v) is 6.46. The van der Waals surface area contributed by atoms with Crippen LogP contribution >= 0.6 is 23.2 Å². The molecule has 0 fully saturated rings. The van der Waals surface area contributed by atoms with Gasteiger partial charge in [-0.05, 0) is 25.3 Å². The molecule has 0 spiro atoms. The summed E-state index contributed by atoms with van der Waals surface area (Å²) < 4.78 is 23.8. The minimum absolute atomic E-state index is 0.133. The van der Waals surface area contributed by atoms with E-state index in [-0.39, 0.29) is 11.5 Å². The molecule has 0 amide bonds. The van der Waals surface area contributed by atoms with Crippen LogP contribution in [0.2, 0.25) is 0 Å². The minimum Gasteiger partial charge on any atom is -0.229 e. The van der Waals surface area contributed by atoms with Gasteiger partial charge < -0.3 is 0 Å². The molecule has 0 heterocycles. The molecule has 114 valence electrons. The average Bonchev–Trinajstić information content (AvgIpc) is 2.42. The molecule has 0 saturated heterocycles. The summed E-state index contributed by atoms with van der Waals surface area (Å²) in [6.07, 6.45) is 1.10. The fraction of sp³-hybridized carbons (Fsp3) is 0.600. The third-order valence-electron chi connectivity index (χ3n) is 3.58. The summed E-state index contributed by atoms with van der Waals surface area (Å²) in [6, 6.07) is 7.99. The van der Waals surface area contributed by atoms with Gasteiger partial charge in [-0.1, -0.05) is 36.8 Å². The quantitative estimate of drug-likeness (QED) is 0.674. The second kappa shape index (κ2) is 7.67. The highest BCUT2D eigenvalue weighted by atomic mass is 35.5. The molecule has 0 unspecified atom stereocenters. The Kier molecular flexibility index (Phi) is 6.83. The zero-order valence-electron chi connectivity index (χ0n) is 12.0. The third kappa shape index (κ3) is 4.64. The van der Waals surface area contributed by atoms with E-state index in [0.717, 1.165) is 11.1 Å². The number of rotatable bonds is 8. The van der Waals surface area contributed by atoms with Gasteiger partial charge in [0.05, 0.1) is 5.75 Å². The SMILES string of the molecule is CCCS(=O)(=O)CCC(CCl)(CCl)c1ccc(C)cc1. The van der Waals surface area contributed by atoms with Crippen LogP contribution in [0.3, 0.4) is 0 Å². The van der Waals surface area contributed by atoms with Crippen molar-refractivity contribution in [1.82, 2.24) is 0 Å². The monoisotopic (exact) mass is 336 g/mol. The number of alkyl halides is 2. The van der Waals surface area contributed by atoms with E-state index in [1.54, 1.807) is 0 Å². The van der Waals surface area contributed by atoms with Crippen LogP contribution in [0.1, 0.15) is 30.9 Å². The first-order valence-electron chi connectivity index (χ1n) is 6.78. The number of hydrogen-bond donors (Lipinski definition) is 0. The number of halogens is 2. The Balaban J connectivity index is 2.95. The maximum atomic E-state index is 11.9. The van der Waals surface area contributed by atoms with Gasteiger partial charge in [0.15, 0.2) is 0 Å². The van der Waals surface area contributed by atoms with Crippen LogP contribution in [0.5, 0.6) is 0 Å². The fourth-order valence-electron chi connectivity index (χ4n) is 2.14. The van der Waals surface area contributed by atoms with Crippen molar-refractivity contribution in [2.24, 2.45) is 0 Å². The second-order valence-electron chi connectivity index (χ2n) is 5.32. The molecule has 1 aromatic rings. The molecule has 0 bridgehead atoms. The van der Waals surface area contributed by atoms with Crippen molar-refractivity contribution in [3.05, 3.63) is 35.4 Å². The maximum absolute atomic E-state index is 11.9. The second-order valence-corrected chi connectivity index (χ2v) is 8.15. The molecule has 0 aliphatic rings. The fourth-order valence-corrected chi connectivity index (χ4v) is 4.53. The summed E-state index contributed by atoms with van der Waals surface area (Å²) in [6.45, 7) is 3.88. The number of hydrogen-bond acceptors (Lipinski definition) is 2. The summed E-state index contributed by atoms with van der Waals surface area (Å²) in [7, 11) is -3.02. The van der Waals surface area contributed by atoms with Gasteiger partial charge in [-0.15, -0.1) is 23.2 Å². The first-order valence-corrected chi connectivity index (χ1v) is 9.67. The Labute approximate surface area is 132 Å². The highest BCUT2D eigenvalue weighted by Crippen LogP contribution is 2.32. The van der Waals surface area contributed by atoms with Crippen LogP contribution < -0.4 is 0 Å². The van der Waals surface area contributed by atoms with Gasteiger partial charge >= 0.3 is 0 Å². The summed E-state index contributed by atoms with van der Waals surface area (Å²) >= 11 is 12.3. The first kappa shape index (κ1) is 17.8. The van der Waals surface area contributed by atoms with Crippen molar-refractivity contribution in [3.8, 4) is 0 Å². The minimum atomic E-state index is -3.02. The van der Waals surface area contributed by atoms with Gasteiger partial charge in [0.1, 0.15) is 9.84 Å². The van der Waals surface area contributed by atoms with Gasteiger partial charge in [0.25, 0.3) is 0 Å². The molecule has 2 nitrogen and oxygen atoms in total. The molecule has 1 aromatic carbocycles. The zero-order chi connectivity index (χ0) is 15.2. The van der Waals surface area contributed by atoms with Crippen molar-refractivity contribution in [2.75, 3.05) is 23.3 Å². The van der Waals surface area contributed by atoms with Crippen LogP contribution in [0.4, 0.5) is 0 Å². The van der Waals surface area contributed by atoms with Gasteiger partial charge in [-0.2, -0.15) is 0 Å². The van der Waals surface area contributed by atoms with E-state index < -0.39 is 15.3 Å². The van der Waals surface area contributed by atoms with Gasteiger partial charge in [-0.3, -0.25) is 0 Å². The van der Waals surface area contributed by atoms with Crippen LogP contribution in [0, 0.1) is 6.92 Å². The van der Waals surface area contributed by atoms with Crippen molar-refractivity contribution in [2.45, 2.75) is 32.1 Å². The van der Waals surface area contributed by atoms with E-state index in [9.17, 15) is 8.42 Å². The normalized spacial score (nSPS) is 12.6. The number of aryl methyl sites for hydroxylation is 1. The van der Waals surface area contributed by atoms with Crippen molar-refractivity contribution < 1.29 is 8.42 Å². The topological polar surface area (TPSA) is 34.1 Å². The molecular formula is C15H22Cl2O2S. The lowest BCUT2D eigenvalue weighted by Gasteiger charge is -2.30. The highest BCUT2D eigenvalue weighted by Gasteiger charge is 2.32. The van der Waals surface area contributed by atoms with Crippen LogP contribution in [0.15, 0.2) is 24.3 Å². The Morgan fingerprint density at radius 1 is 1.05 bits per heavy atom. The highest BCUT2D eigenvalue weighted by molar-refractivity contribution is 7.91.